The highest BCUT2D eigenvalue weighted by Gasteiger charge is 2.13. The van der Waals surface area contributed by atoms with Crippen molar-refractivity contribution in [3.05, 3.63) is 63.1 Å². The second-order valence-electron chi connectivity index (χ2n) is 4.95. The van der Waals surface area contributed by atoms with Crippen LogP contribution in [0.4, 0.5) is 5.69 Å². The normalized spacial score (nSPS) is 10.8. The number of carbonyl (C=O) groups is 1. The second-order valence-corrected chi connectivity index (χ2v) is 6.20. The summed E-state index contributed by atoms with van der Waals surface area (Å²) in [5, 5.41) is 3.78. The van der Waals surface area contributed by atoms with Crippen molar-refractivity contribution in [1.82, 2.24) is 4.90 Å². The maximum atomic E-state index is 12.1. The standard InChI is InChI=1S/C16H15Cl3N2O/c1-21(9-11-5-3-2-4-6-11)10-15(22)20-16-13(18)7-12(17)8-14(16)19/h2-8H,9-10H2,1H3,(H,20,22). The molecule has 116 valence electrons. The Balaban J connectivity index is 1.96. The summed E-state index contributed by atoms with van der Waals surface area (Å²) in [5.41, 5.74) is 1.52. The molecule has 0 radical (unpaired) electrons. The Hall–Kier alpha value is -1.26. The summed E-state index contributed by atoms with van der Waals surface area (Å²) in [6.07, 6.45) is 0. The van der Waals surface area contributed by atoms with Crippen molar-refractivity contribution in [1.29, 1.82) is 0 Å². The molecule has 0 aliphatic heterocycles. The van der Waals surface area contributed by atoms with Crippen molar-refractivity contribution in [3.63, 3.8) is 0 Å². The zero-order valence-corrected chi connectivity index (χ0v) is 14.2. The van der Waals surface area contributed by atoms with E-state index in [1.165, 1.54) is 12.1 Å². The lowest BCUT2D eigenvalue weighted by Crippen LogP contribution is -2.30. The van der Waals surface area contributed by atoms with Crippen molar-refractivity contribution < 1.29 is 4.79 Å². The maximum absolute atomic E-state index is 12.1. The number of hydrogen-bond acceptors (Lipinski definition) is 2. The Morgan fingerprint density at radius 3 is 2.27 bits per heavy atom. The molecule has 2 rings (SSSR count). The largest absolute Gasteiger partial charge is 0.322 e. The van der Waals surface area contributed by atoms with E-state index in [2.05, 4.69) is 5.32 Å². The molecular weight excluding hydrogens is 343 g/mol. The zero-order chi connectivity index (χ0) is 16.1. The van der Waals surface area contributed by atoms with Gasteiger partial charge in [-0.15, -0.1) is 0 Å². The summed E-state index contributed by atoms with van der Waals surface area (Å²) in [6.45, 7) is 0.903. The van der Waals surface area contributed by atoms with Crippen LogP contribution < -0.4 is 5.32 Å². The molecule has 1 amide bonds. The first-order chi connectivity index (χ1) is 10.5. The van der Waals surface area contributed by atoms with Crippen LogP contribution in [-0.4, -0.2) is 24.4 Å². The van der Waals surface area contributed by atoms with Gasteiger partial charge in [-0.05, 0) is 24.7 Å². The molecule has 0 bridgehead atoms. The predicted octanol–water partition coefficient (Wildman–Crippen LogP) is 4.72. The number of amides is 1. The SMILES string of the molecule is CN(CC(=O)Nc1c(Cl)cc(Cl)cc1Cl)Cc1ccccc1. The van der Waals surface area contributed by atoms with Crippen LogP contribution in [0.5, 0.6) is 0 Å². The molecule has 1 N–H and O–H groups in total. The predicted molar refractivity (Wildman–Crippen MR) is 92.9 cm³/mol. The van der Waals surface area contributed by atoms with Gasteiger partial charge in [-0.2, -0.15) is 0 Å². The van der Waals surface area contributed by atoms with E-state index in [9.17, 15) is 4.79 Å². The molecule has 0 unspecified atom stereocenters. The zero-order valence-electron chi connectivity index (χ0n) is 11.9. The van der Waals surface area contributed by atoms with E-state index >= 15 is 0 Å². The highest BCUT2D eigenvalue weighted by molar-refractivity contribution is 6.42. The number of carbonyl (C=O) groups excluding carboxylic acids is 1. The van der Waals surface area contributed by atoms with Crippen molar-refractivity contribution in [2.75, 3.05) is 18.9 Å². The van der Waals surface area contributed by atoms with Gasteiger partial charge >= 0.3 is 0 Å². The topological polar surface area (TPSA) is 32.3 Å². The minimum absolute atomic E-state index is 0.190. The summed E-state index contributed by atoms with van der Waals surface area (Å²) in [5.74, 6) is -0.190. The highest BCUT2D eigenvalue weighted by Crippen LogP contribution is 2.33. The summed E-state index contributed by atoms with van der Waals surface area (Å²) < 4.78 is 0. The Morgan fingerprint density at radius 2 is 1.68 bits per heavy atom. The lowest BCUT2D eigenvalue weighted by atomic mass is 10.2. The minimum Gasteiger partial charge on any atom is -0.322 e. The first-order valence-electron chi connectivity index (χ1n) is 6.62. The molecule has 2 aromatic rings. The van der Waals surface area contributed by atoms with Crippen LogP contribution in [0.2, 0.25) is 15.1 Å². The Labute approximate surface area is 144 Å². The van der Waals surface area contributed by atoms with Gasteiger partial charge in [0.15, 0.2) is 0 Å². The summed E-state index contributed by atoms with van der Waals surface area (Å²) in [7, 11) is 1.87. The third-order valence-corrected chi connectivity index (χ3v) is 3.79. The number of likely N-dealkylation sites (N-methyl/N-ethyl adjacent to an activating group) is 1. The average Bonchev–Trinajstić information content (AvgIpc) is 2.43. The van der Waals surface area contributed by atoms with Gasteiger partial charge in [-0.25, -0.2) is 0 Å². The molecule has 0 heterocycles. The van der Waals surface area contributed by atoms with Crippen LogP contribution >= 0.6 is 34.8 Å². The van der Waals surface area contributed by atoms with Crippen LogP contribution in [-0.2, 0) is 11.3 Å². The molecule has 0 atom stereocenters. The van der Waals surface area contributed by atoms with Crippen molar-refractivity contribution in [3.8, 4) is 0 Å². The fourth-order valence-electron chi connectivity index (χ4n) is 2.04. The molecule has 0 fully saturated rings. The van der Waals surface area contributed by atoms with Gasteiger partial charge in [-0.1, -0.05) is 65.1 Å². The first-order valence-corrected chi connectivity index (χ1v) is 7.76. The number of halogens is 3. The molecule has 3 nitrogen and oxygen atoms in total. The van der Waals surface area contributed by atoms with Crippen LogP contribution in [0.3, 0.4) is 0 Å². The van der Waals surface area contributed by atoms with Crippen molar-refractivity contribution in [2.24, 2.45) is 0 Å². The highest BCUT2D eigenvalue weighted by atomic mass is 35.5. The van der Waals surface area contributed by atoms with Gasteiger partial charge in [0, 0.05) is 11.6 Å². The number of hydrogen-bond donors (Lipinski definition) is 1. The number of anilines is 1. The van der Waals surface area contributed by atoms with E-state index in [4.69, 9.17) is 34.8 Å². The molecular formula is C16H15Cl3N2O. The third kappa shape index (κ3) is 4.89. The Kier molecular flexibility index (Phi) is 6.09. The molecule has 0 aliphatic rings. The van der Waals surface area contributed by atoms with E-state index in [0.717, 1.165) is 5.56 Å². The Bertz CT molecular complexity index is 639. The van der Waals surface area contributed by atoms with Gasteiger partial charge in [0.05, 0.1) is 22.3 Å². The Morgan fingerprint density at radius 1 is 1.09 bits per heavy atom. The molecule has 0 saturated carbocycles. The first kappa shape index (κ1) is 17.1. The summed E-state index contributed by atoms with van der Waals surface area (Å²) in [6, 6.07) is 13.0. The smallest absolute Gasteiger partial charge is 0.238 e. The number of rotatable bonds is 5. The molecule has 0 aliphatic carbocycles. The fourth-order valence-corrected chi connectivity index (χ4v) is 2.95. The summed E-state index contributed by atoms with van der Waals surface area (Å²) >= 11 is 17.9. The molecule has 0 spiro atoms. The monoisotopic (exact) mass is 356 g/mol. The molecule has 6 heteroatoms. The van der Waals surface area contributed by atoms with E-state index in [0.29, 0.717) is 27.3 Å². The number of nitrogens with zero attached hydrogens (tertiary/aromatic N) is 1. The average molecular weight is 358 g/mol. The van der Waals surface area contributed by atoms with Crippen LogP contribution in [0, 0.1) is 0 Å². The van der Waals surface area contributed by atoms with Crippen LogP contribution in [0.25, 0.3) is 0 Å². The van der Waals surface area contributed by atoms with Gasteiger partial charge in [0.2, 0.25) is 5.91 Å². The fraction of sp³-hybridized carbons (Fsp3) is 0.188. The summed E-state index contributed by atoms with van der Waals surface area (Å²) in [4.78, 5) is 14.0. The van der Waals surface area contributed by atoms with Gasteiger partial charge in [-0.3, -0.25) is 9.69 Å². The van der Waals surface area contributed by atoms with Crippen LogP contribution in [0.1, 0.15) is 5.56 Å². The van der Waals surface area contributed by atoms with Crippen molar-refractivity contribution >= 4 is 46.4 Å². The molecule has 22 heavy (non-hydrogen) atoms. The van der Waals surface area contributed by atoms with Crippen molar-refractivity contribution in [2.45, 2.75) is 6.54 Å². The van der Waals surface area contributed by atoms with Gasteiger partial charge in [0.1, 0.15) is 0 Å². The molecule has 0 saturated heterocycles. The lowest BCUT2D eigenvalue weighted by molar-refractivity contribution is -0.117. The lowest BCUT2D eigenvalue weighted by Gasteiger charge is -2.17. The maximum Gasteiger partial charge on any atom is 0.238 e. The number of nitrogens with one attached hydrogen (secondary N) is 1. The van der Waals surface area contributed by atoms with E-state index in [1.807, 2.05) is 42.3 Å². The van der Waals surface area contributed by atoms with E-state index in [1.54, 1.807) is 0 Å². The third-order valence-electron chi connectivity index (χ3n) is 2.98. The van der Waals surface area contributed by atoms with E-state index in [-0.39, 0.29) is 12.5 Å². The minimum atomic E-state index is -0.190. The van der Waals surface area contributed by atoms with E-state index < -0.39 is 0 Å². The molecule has 2 aromatic carbocycles. The van der Waals surface area contributed by atoms with Crippen LogP contribution in [0.15, 0.2) is 42.5 Å². The van der Waals surface area contributed by atoms with Gasteiger partial charge in [0.25, 0.3) is 0 Å². The molecule has 0 aromatic heterocycles. The van der Waals surface area contributed by atoms with Gasteiger partial charge < -0.3 is 5.32 Å². The quantitative estimate of drug-likeness (QED) is 0.840. The second kappa shape index (κ2) is 7.84. The number of benzene rings is 2.